The summed E-state index contributed by atoms with van der Waals surface area (Å²) in [4.78, 5) is 12.5. The van der Waals surface area contributed by atoms with Gasteiger partial charge in [0.2, 0.25) is 5.91 Å². The number of amidine groups is 1. The first-order valence-corrected chi connectivity index (χ1v) is 4.07. The highest BCUT2D eigenvalue weighted by molar-refractivity contribution is 7.81. The molecule has 11 heavy (non-hydrogen) atoms. The molecule has 0 aromatic rings. The van der Waals surface area contributed by atoms with Gasteiger partial charge in [0.1, 0.15) is 5.84 Å². The Morgan fingerprint density at radius 3 is 3.09 bits per heavy atom. The maximum Gasteiger partial charge on any atom is 0.239 e. The zero-order chi connectivity index (χ0) is 8.27. The molecule has 2 N–H and O–H groups in total. The first kappa shape index (κ1) is 8.39. The predicted octanol–water partition coefficient (Wildman–Crippen LogP) is -0.675. The van der Waals surface area contributed by atoms with Gasteiger partial charge in [0.25, 0.3) is 0 Å². The lowest BCUT2D eigenvalue weighted by atomic mass is 10.3. The molecule has 1 rings (SSSR count). The second-order valence-corrected chi connectivity index (χ2v) is 2.69. The van der Waals surface area contributed by atoms with Crippen LogP contribution in [0.15, 0.2) is 0 Å². The molecule has 0 atom stereocenters. The predicted molar refractivity (Wildman–Crippen MR) is 46.2 cm³/mol. The fourth-order valence-electron chi connectivity index (χ4n) is 0.969. The SMILES string of the molecule is N=C(CS)N1CCNC(=O)C1. The van der Waals surface area contributed by atoms with Crippen molar-refractivity contribution in [2.45, 2.75) is 0 Å². The topological polar surface area (TPSA) is 56.2 Å². The molecular formula is C6H11N3OS. The molecule has 0 unspecified atom stereocenters. The zero-order valence-electron chi connectivity index (χ0n) is 6.13. The van der Waals surface area contributed by atoms with Gasteiger partial charge in [-0.15, -0.1) is 0 Å². The van der Waals surface area contributed by atoms with Gasteiger partial charge in [-0.05, 0) is 0 Å². The maximum atomic E-state index is 10.8. The van der Waals surface area contributed by atoms with Crippen molar-refractivity contribution in [2.75, 3.05) is 25.4 Å². The highest BCUT2D eigenvalue weighted by Crippen LogP contribution is 1.95. The van der Waals surface area contributed by atoms with E-state index in [1.54, 1.807) is 4.90 Å². The summed E-state index contributed by atoms with van der Waals surface area (Å²) in [5, 5.41) is 10.1. The number of nitrogens with zero attached hydrogens (tertiary/aromatic N) is 1. The van der Waals surface area contributed by atoms with Crippen molar-refractivity contribution >= 4 is 24.4 Å². The number of carbonyl (C=O) groups is 1. The van der Waals surface area contributed by atoms with Gasteiger partial charge in [0.05, 0.1) is 6.54 Å². The molecule has 1 aliphatic heterocycles. The third kappa shape index (κ3) is 2.11. The molecule has 0 aromatic heterocycles. The molecule has 0 spiro atoms. The minimum atomic E-state index is -0.0113. The fourth-order valence-corrected chi connectivity index (χ4v) is 1.17. The second-order valence-electron chi connectivity index (χ2n) is 2.38. The van der Waals surface area contributed by atoms with E-state index < -0.39 is 0 Å². The van der Waals surface area contributed by atoms with Gasteiger partial charge >= 0.3 is 0 Å². The van der Waals surface area contributed by atoms with Crippen molar-refractivity contribution < 1.29 is 4.79 Å². The van der Waals surface area contributed by atoms with Crippen LogP contribution in [0.25, 0.3) is 0 Å². The molecule has 62 valence electrons. The summed E-state index contributed by atoms with van der Waals surface area (Å²) in [6.45, 7) is 1.67. The number of amides is 1. The molecule has 0 bridgehead atoms. The Morgan fingerprint density at radius 1 is 1.82 bits per heavy atom. The first-order valence-electron chi connectivity index (χ1n) is 3.44. The van der Waals surface area contributed by atoms with Crippen molar-refractivity contribution in [2.24, 2.45) is 0 Å². The Balaban J connectivity index is 2.45. The van der Waals surface area contributed by atoms with Crippen LogP contribution in [0.5, 0.6) is 0 Å². The zero-order valence-corrected chi connectivity index (χ0v) is 7.03. The molecule has 1 saturated heterocycles. The van der Waals surface area contributed by atoms with Crippen LogP contribution in [0.3, 0.4) is 0 Å². The van der Waals surface area contributed by atoms with Crippen LogP contribution in [-0.2, 0) is 4.79 Å². The van der Waals surface area contributed by atoms with E-state index in [1.807, 2.05) is 0 Å². The van der Waals surface area contributed by atoms with E-state index in [1.165, 1.54) is 0 Å². The molecule has 1 fully saturated rings. The molecular weight excluding hydrogens is 162 g/mol. The van der Waals surface area contributed by atoms with Crippen LogP contribution in [0, 0.1) is 5.41 Å². The maximum absolute atomic E-state index is 10.8. The van der Waals surface area contributed by atoms with Crippen LogP contribution in [-0.4, -0.2) is 42.0 Å². The largest absolute Gasteiger partial charge is 0.353 e. The summed E-state index contributed by atoms with van der Waals surface area (Å²) < 4.78 is 0. The number of thiol groups is 1. The average molecular weight is 173 g/mol. The number of rotatable bonds is 1. The van der Waals surface area contributed by atoms with Crippen LogP contribution in [0.2, 0.25) is 0 Å². The van der Waals surface area contributed by atoms with Gasteiger partial charge in [0, 0.05) is 18.8 Å². The van der Waals surface area contributed by atoms with E-state index in [-0.39, 0.29) is 5.91 Å². The van der Waals surface area contributed by atoms with Gasteiger partial charge in [-0.3, -0.25) is 10.2 Å². The number of nitrogens with one attached hydrogen (secondary N) is 2. The lowest BCUT2D eigenvalue weighted by Crippen LogP contribution is -2.50. The Hall–Kier alpha value is -0.710. The van der Waals surface area contributed by atoms with Gasteiger partial charge in [0.15, 0.2) is 0 Å². The van der Waals surface area contributed by atoms with Crippen LogP contribution < -0.4 is 5.32 Å². The molecule has 0 saturated carbocycles. The molecule has 4 nitrogen and oxygen atoms in total. The van der Waals surface area contributed by atoms with Crippen LogP contribution in [0.1, 0.15) is 0 Å². The van der Waals surface area contributed by atoms with Crippen molar-refractivity contribution in [1.29, 1.82) is 5.41 Å². The Bertz CT molecular complexity index is 183. The van der Waals surface area contributed by atoms with Gasteiger partial charge in [-0.2, -0.15) is 12.6 Å². The van der Waals surface area contributed by atoms with Crippen molar-refractivity contribution in [3.8, 4) is 0 Å². The fraction of sp³-hybridized carbons (Fsp3) is 0.667. The summed E-state index contributed by atoms with van der Waals surface area (Å²) >= 11 is 3.96. The molecule has 0 aromatic carbocycles. The van der Waals surface area contributed by atoms with E-state index in [4.69, 9.17) is 5.41 Å². The van der Waals surface area contributed by atoms with E-state index in [9.17, 15) is 4.79 Å². The second kappa shape index (κ2) is 3.61. The van der Waals surface area contributed by atoms with E-state index in [0.29, 0.717) is 24.7 Å². The summed E-state index contributed by atoms with van der Waals surface area (Å²) in [7, 11) is 0. The quantitative estimate of drug-likeness (QED) is 0.280. The summed E-state index contributed by atoms with van der Waals surface area (Å²) in [6, 6.07) is 0. The van der Waals surface area contributed by atoms with Gasteiger partial charge < -0.3 is 10.2 Å². The highest BCUT2D eigenvalue weighted by atomic mass is 32.1. The Kier molecular flexibility index (Phi) is 2.76. The number of hydrogen-bond acceptors (Lipinski definition) is 3. The molecule has 0 aliphatic carbocycles. The standard InChI is InChI=1S/C6H11N3OS/c7-5(4-11)9-2-1-8-6(10)3-9/h7,11H,1-4H2,(H,8,10). The number of hydrogen-bond donors (Lipinski definition) is 3. The van der Waals surface area contributed by atoms with Gasteiger partial charge in [-0.1, -0.05) is 0 Å². The summed E-state index contributed by atoms with van der Waals surface area (Å²) in [6.07, 6.45) is 0. The summed E-state index contributed by atoms with van der Waals surface area (Å²) in [5.74, 6) is 0.804. The van der Waals surface area contributed by atoms with Crippen molar-refractivity contribution in [1.82, 2.24) is 10.2 Å². The summed E-state index contributed by atoms with van der Waals surface area (Å²) in [5.41, 5.74) is 0. The van der Waals surface area contributed by atoms with E-state index >= 15 is 0 Å². The Morgan fingerprint density at radius 2 is 2.55 bits per heavy atom. The third-order valence-electron chi connectivity index (χ3n) is 1.57. The Labute approximate surface area is 70.9 Å². The monoisotopic (exact) mass is 173 g/mol. The lowest BCUT2D eigenvalue weighted by molar-refractivity contribution is -0.122. The smallest absolute Gasteiger partial charge is 0.239 e. The normalized spacial score (nSPS) is 17.9. The van der Waals surface area contributed by atoms with E-state index in [0.717, 1.165) is 6.54 Å². The minimum absolute atomic E-state index is 0.0113. The lowest BCUT2D eigenvalue weighted by Gasteiger charge is -2.27. The first-order chi connectivity index (χ1) is 5.24. The molecule has 5 heteroatoms. The molecule has 1 amide bonds. The van der Waals surface area contributed by atoms with E-state index in [2.05, 4.69) is 17.9 Å². The van der Waals surface area contributed by atoms with Crippen molar-refractivity contribution in [3.05, 3.63) is 0 Å². The number of carbonyl (C=O) groups excluding carboxylic acids is 1. The molecule has 0 radical (unpaired) electrons. The van der Waals surface area contributed by atoms with Crippen LogP contribution in [0.4, 0.5) is 0 Å². The molecule has 1 heterocycles. The third-order valence-corrected chi connectivity index (χ3v) is 1.87. The van der Waals surface area contributed by atoms with Gasteiger partial charge in [-0.25, -0.2) is 0 Å². The minimum Gasteiger partial charge on any atom is -0.353 e. The van der Waals surface area contributed by atoms with Crippen molar-refractivity contribution in [3.63, 3.8) is 0 Å². The average Bonchev–Trinajstić information content (AvgIpc) is 2.03. The number of piperazine rings is 1. The highest BCUT2D eigenvalue weighted by Gasteiger charge is 2.16. The molecule has 1 aliphatic rings. The van der Waals surface area contributed by atoms with Crippen LogP contribution >= 0.6 is 12.6 Å².